The van der Waals surface area contributed by atoms with E-state index in [1.165, 1.54) is 0 Å². The van der Waals surface area contributed by atoms with Gasteiger partial charge in [0.2, 0.25) is 0 Å². The lowest BCUT2D eigenvalue weighted by Crippen LogP contribution is -1.97. The average molecular weight is 360 g/mol. The van der Waals surface area contributed by atoms with Crippen LogP contribution >= 0.6 is 11.6 Å². The Kier molecular flexibility index (Phi) is 3.83. The maximum Gasteiger partial charge on any atom is 0.124 e. The van der Waals surface area contributed by atoms with Gasteiger partial charge in [0.25, 0.3) is 0 Å². The van der Waals surface area contributed by atoms with Crippen molar-refractivity contribution in [3.05, 3.63) is 65.3 Å². The Morgan fingerprint density at radius 1 is 1.12 bits per heavy atom. The predicted molar refractivity (Wildman–Crippen MR) is 104 cm³/mol. The summed E-state index contributed by atoms with van der Waals surface area (Å²) in [5.41, 5.74) is 10.5. The monoisotopic (exact) mass is 359 g/mol. The molecule has 0 atom stereocenters. The molecular formula is C20H14ClN5. The minimum atomic E-state index is 0.421. The van der Waals surface area contributed by atoms with Crippen molar-refractivity contribution in [2.24, 2.45) is 7.05 Å². The molecule has 126 valence electrons. The first kappa shape index (κ1) is 16.1. The van der Waals surface area contributed by atoms with Gasteiger partial charge >= 0.3 is 0 Å². The topological polar surface area (TPSA) is 80.5 Å². The Balaban J connectivity index is 1.96. The number of fused-ring (bicyclic) bond motifs is 1. The van der Waals surface area contributed by atoms with Gasteiger partial charge in [-0.1, -0.05) is 35.9 Å². The number of hydrogen-bond acceptors (Lipinski definition) is 4. The second-order valence-corrected chi connectivity index (χ2v) is 6.36. The van der Waals surface area contributed by atoms with E-state index >= 15 is 0 Å². The summed E-state index contributed by atoms with van der Waals surface area (Å²) in [6.45, 7) is 0. The van der Waals surface area contributed by atoms with E-state index in [4.69, 9.17) is 17.3 Å². The van der Waals surface area contributed by atoms with Crippen LogP contribution < -0.4 is 5.73 Å². The summed E-state index contributed by atoms with van der Waals surface area (Å²) in [6, 6.07) is 17.3. The van der Waals surface area contributed by atoms with Gasteiger partial charge in [-0.15, -0.1) is 0 Å². The van der Waals surface area contributed by atoms with Crippen molar-refractivity contribution in [3.8, 4) is 28.5 Å². The van der Waals surface area contributed by atoms with Crippen molar-refractivity contribution in [1.82, 2.24) is 14.8 Å². The van der Waals surface area contributed by atoms with Crippen molar-refractivity contribution in [3.63, 3.8) is 0 Å². The first-order valence-electron chi connectivity index (χ1n) is 7.96. The van der Waals surface area contributed by atoms with Crippen LogP contribution in [0, 0.1) is 11.3 Å². The highest BCUT2D eigenvalue weighted by molar-refractivity contribution is 6.32. The average Bonchev–Trinajstić information content (AvgIpc) is 3.02. The van der Waals surface area contributed by atoms with E-state index in [1.54, 1.807) is 23.0 Å². The van der Waals surface area contributed by atoms with E-state index in [1.807, 2.05) is 43.4 Å². The van der Waals surface area contributed by atoms with Gasteiger partial charge in [0.1, 0.15) is 11.9 Å². The molecule has 0 bridgehead atoms. The quantitative estimate of drug-likeness (QED) is 0.574. The number of halogens is 1. The summed E-state index contributed by atoms with van der Waals surface area (Å²) < 4.78 is 1.75. The maximum absolute atomic E-state index is 9.53. The molecule has 26 heavy (non-hydrogen) atoms. The molecule has 0 fully saturated rings. The van der Waals surface area contributed by atoms with Crippen molar-refractivity contribution < 1.29 is 0 Å². The SMILES string of the molecule is Cn1ncc(-c2ccc3ccc(N)nc3c2)c1-c1cccc(Cl)c1C#N. The number of rotatable bonds is 2. The van der Waals surface area contributed by atoms with Crippen LogP contribution in [0.4, 0.5) is 5.82 Å². The van der Waals surface area contributed by atoms with Gasteiger partial charge in [0.05, 0.1) is 28.0 Å². The number of pyridine rings is 1. The second kappa shape index (κ2) is 6.17. The lowest BCUT2D eigenvalue weighted by atomic mass is 9.97. The summed E-state index contributed by atoms with van der Waals surface area (Å²) in [6.07, 6.45) is 1.78. The fourth-order valence-corrected chi connectivity index (χ4v) is 3.32. The van der Waals surface area contributed by atoms with Crippen LogP contribution in [0.3, 0.4) is 0 Å². The van der Waals surface area contributed by atoms with E-state index in [0.29, 0.717) is 16.4 Å². The number of nitrogens with two attached hydrogens (primary N) is 1. The van der Waals surface area contributed by atoms with Crippen LogP contribution in [-0.4, -0.2) is 14.8 Å². The van der Waals surface area contributed by atoms with Gasteiger partial charge in [0, 0.05) is 23.6 Å². The molecule has 0 saturated heterocycles. The van der Waals surface area contributed by atoms with Crippen LogP contribution in [0.15, 0.2) is 54.7 Å². The Hall–Kier alpha value is -3.36. The smallest absolute Gasteiger partial charge is 0.124 e. The highest BCUT2D eigenvalue weighted by Gasteiger charge is 2.18. The van der Waals surface area contributed by atoms with E-state index in [9.17, 15) is 5.26 Å². The number of nitrogen functional groups attached to an aromatic ring is 1. The van der Waals surface area contributed by atoms with Gasteiger partial charge in [-0.2, -0.15) is 10.4 Å². The van der Waals surface area contributed by atoms with Gasteiger partial charge in [-0.05, 0) is 29.8 Å². The summed E-state index contributed by atoms with van der Waals surface area (Å²) in [5.74, 6) is 0.475. The molecule has 2 N–H and O–H groups in total. The molecule has 5 nitrogen and oxygen atoms in total. The predicted octanol–water partition coefficient (Wildman–Crippen LogP) is 4.41. The minimum absolute atomic E-state index is 0.421. The zero-order valence-electron chi connectivity index (χ0n) is 13.9. The van der Waals surface area contributed by atoms with Gasteiger partial charge in [0.15, 0.2) is 0 Å². The van der Waals surface area contributed by atoms with Crippen LogP contribution in [0.2, 0.25) is 5.02 Å². The van der Waals surface area contributed by atoms with E-state index in [0.717, 1.165) is 33.3 Å². The highest BCUT2D eigenvalue weighted by atomic mass is 35.5. The Morgan fingerprint density at radius 2 is 1.92 bits per heavy atom. The fourth-order valence-electron chi connectivity index (χ4n) is 3.10. The molecule has 6 heteroatoms. The Bertz CT molecular complexity index is 1190. The van der Waals surface area contributed by atoms with Gasteiger partial charge < -0.3 is 5.73 Å². The number of anilines is 1. The van der Waals surface area contributed by atoms with Crippen LogP contribution in [0.5, 0.6) is 0 Å². The standard InChI is InChI=1S/C20H14ClN5/c1-26-20(14-3-2-4-17(21)15(14)10-22)16(11-24-26)13-6-5-12-7-8-19(23)25-18(12)9-13/h2-9,11H,1H3,(H2,23,25). The normalized spacial score (nSPS) is 10.8. The van der Waals surface area contributed by atoms with Gasteiger partial charge in [-0.3, -0.25) is 4.68 Å². The third-order valence-electron chi connectivity index (χ3n) is 4.34. The Labute approximate surface area is 155 Å². The molecule has 0 unspecified atom stereocenters. The zero-order chi connectivity index (χ0) is 18.3. The number of nitriles is 1. The zero-order valence-corrected chi connectivity index (χ0v) is 14.7. The number of aromatic nitrogens is 3. The summed E-state index contributed by atoms with van der Waals surface area (Å²) in [5, 5.41) is 15.4. The molecule has 2 heterocycles. The summed E-state index contributed by atoms with van der Waals surface area (Å²) >= 11 is 6.22. The first-order chi connectivity index (χ1) is 12.6. The molecule has 0 radical (unpaired) electrons. The molecule has 0 aliphatic carbocycles. The van der Waals surface area contributed by atoms with Crippen LogP contribution in [-0.2, 0) is 7.05 Å². The molecule has 0 amide bonds. The third kappa shape index (κ3) is 2.57. The third-order valence-corrected chi connectivity index (χ3v) is 4.66. The summed E-state index contributed by atoms with van der Waals surface area (Å²) in [7, 11) is 1.85. The molecule has 2 aromatic carbocycles. The highest BCUT2D eigenvalue weighted by Crippen LogP contribution is 2.36. The Morgan fingerprint density at radius 3 is 2.73 bits per heavy atom. The number of hydrogen-bond donors (Lipinski definition) is 1. The molecule has 4 rings (SSSR count). The van der Waals surface area contributed by atoms with Crippen molar-refractivity contribution in [2.75, 3.05) is 5.73 Å². The lowest BCUT2D eigenvalue weighted by Gasteiger charge is -2.10. The molecule has 2 aromatic heterocycles. The molecule has 0 aliphatic rings. The first-order valence-corrected chi connectivity index (χ1v) is 8.34. The maximum atomic E-state index is 9.53. The molecule has 0 saturated carbocycles. The van der Waals surface area contributed by atoms with Crippen molar-refractivity contribution >= 4 is 28.3 Å². The molecule has 0 aliphatic heterocycles. The van der Waals surface area contributed by atoms with E-state index in [2.05, 4.69) is 16.2 Å². The largest absolute Gasteiger partial charge is 0.384 e. The second-order valence-electron chi connectivity index (χ2n) is 5.95. The number of benzene rings is 2. The van der Waals surface area contributed by atoms with Gasteiger partial charge in [-0.25, -0.2) is 4.98 Å². The lowest BCUT2D eigenvalue weighted by molar-refractivity contribution is 0.776. The van der Waals surface area contributed by atoms with Crippen LogP contribution in [0.25, 0.3) is 33.3 Å². The fraction of sp³-hybridized carbons (Fsp3) is 0.0500. The summed E-state index contributed by atoms with van der Waals surface area (Å²) in [4.78, 5) is 4.40. The minimum Gasteiger partial charge on any atom is -0.384 e. The van der Waals surface area contributed by atoms with E-state index < -0.39 is 0 Å². The van der Waals surface area contributed by atoms with Crippen molar-refractivity contribution in [2.45, 2.75) is 0 Å². The molecule has 4 aromatic rings. The molecular weight excluding hydrogens is 346 g/mol. The van der Waals surface area contributed by atoms with E-state index in [-0.39, 0.29) is 0 Å². The number of nitrogens with zero attached hydrogens (tertiary/aromatic N) is 4. The van der Waals surface area contributed by atoms with Crippen molar-refractivity contribution in [1.29, 1.82) is 5.26 Å². The number of aryl methyl sites for hydroxylation is 1. The molecule has 0 spiro atoms. The van der Waals surface area contributed by atoms with Crippen LogP contribution in [0.1, 0.15) is 5.56 Å².